The van der Waals surface area contributed by atoms with E-state index in [-0.39, 0.29) is 0 Å². The summed E-state index contributed by atoms with van der Waals surface area (Å²) in [4.78, 5) is 16.7. The molecule has 0 spiro atoms. The molecule has 0 unspecified atom stereocenters. The van der Waals surface area contributed by atoms with Gasteiger partial charge in [0.15, 0.2) is 0 Å². The minimum Gasteiger partial charge on any atom is -0.493 e. The van der Waals surface area contributed by atoms with Crippen LogP contribution in [0.25, 0.3) is 10.2 Å². The Balaban J connectivity index is 1.20. The van der Waals surface area contributed by atoms with Crippen molar-refractivity contribution in [3.63, 3.8) is 0 Å². The third-order valence-electron chi connectivity index (χ3n) is 6.87. The molecule has 0 atom stereocenters. The molecule has 5 rings (SSSR count). The highest BCUT2D eigenvalue weighted by molar-refractivity contribution is 7.18. The molecule has 5 nitrogen and oxygen atoms in total. The van der Waals surface area contributed by atoms with E-state index in [1.807, 2.05) is 0 Å². The number of nitrogens with zero attached hydrogens (tertiary/aromatic N) is 4. The smallest absolute Gasteiger partial charge is 0.141 e. The summed E-state index contributed by atoms with van der Waals surface area (Å²) in [6, 6.07) is 8.73. The molecule has 31 heavy (non-hydrogen) atoms. The van der Waals surface area contributed by atoms with Gasteiger partial charge in [0.25, 0.3) is 0 Å². The van der Waals surface area contributed by atoms with Crippen LogP contribution in [0.2, 0.25) is 0 Å². The van der Waals surface area contributed by atoms with Crippen LogP contribution in [0.3, 0.4) is 0 Å². The molecule has 6 heteroatoms. The first kappa shape index (κ1) is 20.7. The molecule has 0 N–H and O–H groups in total. The molecular weight excluding hydrogens is 404 g/mol. The first-order chi connectivity index (χ1) is 15.2. The summed E-state index contributed by atoms with van der Waals surface area (Å²) in [6.07, 6.45) is 6.90. The third-order valence-corrected chi connectivity index (χ3v) is 7.99. The molecule has 2 aromatic heterocycles. The SMILES string of the molecule is Cc1sc2ncnc(N3CCCN(Cc4ccc(OCC5CCC5)cc4)CC3)c2c1C. The first-order valence-electron chi connectivity index (χ1n) is 11.6. The largest absolute Gasteiger partial charge is 0.493 e. The predicted molar refractivity (Wildman–Crippen MR) is 128 cm³/mol. The van der Waals surface area contributed by atoms with E-state index in [4.69, 9.17) is 9.72 Å². The fourth-order valence-electron chi connectivity index (χ4n) is 4.57. The summed E-state index contributed by atoms with van der Waals surface area (Å²) in [6.45, 7) is 10.5. The zero-order chi connectivity index (χ0) is 21.2. The van der Waals surface area contributed by atoms with Crippen LogP contribution in [-0.2, 0) is 6.54 Å². The van der Waals surface area contributed by atoms with Crippen molar-refractivity contribution in [1.29, 1.82) is 0 Å². The van der Waals surface area contributed by atoms with Gasteiger partial charge in [0.1, 0.15) is 22.7 Å². The molecule has 0 radical (unpaired) electrons. The van der Waals surface area contributed by atoms with Crippen molar-refractivity contribution in [1.82, 2.24) is 14.9 Å². The highest BCUT2D eigenvalue weighted by Gasteiger charge is 2.21. The molecule has 3 heterocycles. The predicted octanol–water partition coefficient (Wildman–Crippen LogP) is 5.20. The van der Waals surface area contributed by atoms with E-state index in [2.05, 4.69) is 52.9 Å². The van der Waals surface area contributed by atoms with Gasteiger partial charge in [-0.2, -0.15) is 0 Å². The lowest BCUT2D eigenvalue weighted by Crippen LogP contribution is -2.31. The number of aromatic nitrogens is 2. The van der Waals surface area contributed by atoms with Gasteiger partial charge in [-0.1, -0.05) is 18.6 Å². The van der Waals surface area contributed by atoms with Gasteiger partial charge in [-0.25, -0.2) is 9.97 Å². The quantitative estimate of drug-likeness (QED) is 0.531. The van der Waals surface area contributed by atoms with E-state index in [9.17, 15) is 0 Å². The summed E-state index contributed by atoms with van der Waals surface area (Å²) in [5, 5.41) is 1.25. The number of fused-ring (bicyclic) bond motifs is 1. The van der Waals surface area contributed by atoms with Gasteiger partial charge in [-0.3, -0.25) is 4.90 Å². The van der Waals surface area contributed by atoms with Gasteiger partial charge >= 0.3 is 0 Å². The maximum Gasteiger partial charge on any atom is 0.141 e. The van der Waals surface area contributed by atoms with Crippen LogP contribution in [0.4, 0.5) is 5.82 Å². The molecule has 164 valence electrons. The summed E-state index contributed by atoms with van der Waals surface area (Å²) in [5.74, 6) is 2.89. The number of ether oxygens (including phenoxy) is 1. The number of rotatable bonds is 6. The first-order valence-corrected chi connectivity index (χ1v) is 12.4. The van der Waals surface area contributed by atoms with E-state index in [1.165, 1.54) is 40.7 Å². The Kier molecular flexibility index (Phi) is 6.10. The van der Waals surface area contributed by atoms with Gasteiger partial charge in [0.2, 0.25) is 0 Å². The van der Waals surface area contributed by atoms with Crippen LogP contribution in [0, 0.1) is 19.8 Å². The summed E-state index contributed by atoms with van der Waals surface area (Å²) in [5.41, 5.74) is 2.69. The lowest BCUT2D eigenvalue weighted by Gasteiger charge is -2.25. The van der Waals surface area contributed by atoms with Crippen molar-refractivity contribution in [2.75, 3.05) is 37.7 Å². The van der Waals surface area contributed by atoms with E-state index in [1.54, 1.807) is 17.7 Å². The van der Waals surface area contributed by atoms with Crippen LogP contribution in [-0.4, -0.2) is 47.7 Å². The van der Waals surface area contributed by atoms with Gasteiger partial charge in [0, 0.05) is 37.6 Å². The van der Waals surface area contributed by atoms with E-state index >= 15 is 0 Å². The lowest BCUT2D eigenvalue weighted by molar-refractivity contribution is 0.180. The number of hydrogen-bond acceptors (Lipinski definition) is 6. The van der Waals surface area contributed by atoms with Gasteiger partial charge < -0.3 is 9.64 Å². The van der Waals surface area contributed by atoms with E-state index < -0.39 is 0 Å². The summed E-state index contributed by atoms with van der Waals surface area (Å²) >= 11 is 1.78. The summed E-state index contributed by atoms with van der Waals surface area (Å²) in [7, 11) is 0. The fraction of sp³-hybridized carbons (Fsp3) is 0.520. The number of benzene rings is 1. The number of anilines is 1. The minimum absolute atomic E-state index is 0.776. The highest BCUT2D eigenvalue weighted by atomic mass is 32.1. The number of thiophene rings is 1. The van der Waals surface area contributed by atoms with Crippen molar-refractivity contribution in [2.45, 2.75) is 46.1 Å². The van der Waals surface area contributed by atoms with Crippen molar-refractivity contribution in [3.8, 4) is 5.75 Å². The van der Waals surface area contributed by atoms with Crippen molar-refractivity contribution in [2.24, 2.45) is 5.92 Å². The standard InChI is InChI=1S/C25H32N4OS/c1-18-19(2)31-25-23(18)24(26-17-27-25)29-12-4-11-28(13-14-29)15-20-7-9-22(10-8-20)30-16-21-5-3-6-21/h7-10,17,21H,3-6,11-16H2,1-2H3. The Morgan fingerprint density at radius 3 is 2.61 bits per heavy atom. The molecule has 1 saturated heterocycles. The molecule has 1 saturated carbocycles. The Labute approximate surface area is 189 Å². The molecule has 0 bridgehead atoms. The maximum absolute atomic E-state index is 5.95. The van der Waals surface area contributed by atoms with Crippen LogP contribution >= 0.6 is 11.3 Å². The second kappa shape index (κ2) is 9.13. The summed E-state index contributed by atoms with van der Waals surface area (Å²) < 4.78 is 5.95. The topological polar surface area (TPSA) is 41.5 Å². The van der Waals surface area contributed by atoms with Gasteiger partial charge in [0.05, 0.1) is 12.0 Å². The van der Waals surface area contributed by atoms with E-state index in [0.29, 0.717) is 0 Å². The second-order valence-electron chi connectivity index (χ2n) is 9.03. The lowest BCUT2D eigenvalue weighted by atomic mass is 9.86. The highest BCUT2D eigenvalue weighted by Crippen LogP contribution is 2.34. The number of aryl methyl sites for hydroxylation is 2. The molecule has 1 aliphatic carbocycles. The fourth-order valence-corrected chi connectivity index (χ4v) is 5.56. The van der Waals surface area contributed by atoms with Crippen molar-refractivity contribution >= 4 is 27.4 Å². The Hall–Kier alpha value is -2.18. The van der Waals surface area contributed by atoms with Crippen LogP contribution in [0.5, 0.6) is 5.75 Å². The normalized spacial score (nSPS) is 18.2. The molecule has 2 fully saturated rings. The average Bonchev–Trinajstić information content (AvgIpc) is 2.90. The van der Waals surface area contributed by atoms with Crippen LogP contribution in [0.1, 0.15) is 41.7 Å². The molecule has 1 aromatic carbocycles. The molecular formula is C25H32N4OS. The second-order valence-corrected chi connectivity index (χ2v) is 10.2. The van der Waals surface area contributed by atoms with Crippen molar-refractivity contribution < 1.29 is 4.74 Å². The monoisotopic (exact) mass is 436 g/mol. The molecule has 1 aliphatic heterocycles. The third kappa shape index (κ3) is 4.55. The van der Waals surface area contributed by atoms with Gasteiger partial charge in [-0.05, 0) is 62.3 Å². The Morgan fingerprint density at radius 1 is 1.00 bits per heavy atom. The maximum atomic E-state index is 5.95. The van der Waals surface area contributed by atoms with Crippen LogP contribution in [0.15, 0.2) is 30.6 Å². The zero-order valence-electron chi connectivity index (χ0n) is 18.6. The van der Waals surface area contributed by atoms with Crippen molar-refractivity contribution in [3.05, 3.63) is 46.6 Å². The average molecular weight is 437 g/mol. The van der Waals surface area contributed by atoms with Crippen LogP contribution < -0.4 is 9.64 Å². The molecule has 2 aliphatic rings. The van der Waals surface area contributed by atoms with E-state index in [0.717, 1.165) is 68.1 Å². The minimum atomic E-state index is 0.776. The zero-order valence-corrected chi connectivity index (χ0v) is 19.5. The van der Waals surface area contributed by atoms with Gasteiger partial charge in [-0.15, -0.1) is 11.3 Å². The molecule has 0 amide bonds. The Bertz CT molecular complexity index is 1030. The Morgan fingerprint density at radius 2 is 1.84 bits per heavy atom. The molecule has 3 aromatic rings. The number of hydrogen-bond donors (Lipinski definition) is 0.